The molecule has 0 atom stereocenters. The molecule has 0 aromatic rings. The van der Waals surface area contributed by atoms with Crippen LogP contribution in [0, 0.1) is 0 Å². The van der Waals surface area contributed by atoms with Crippen LogP contribution in [0.4, 0.5) is 5.69 Å². The number of nitrogen functional groups attached to an aromatic ring is 1. The molecule has 0 saturated heterocycles. The first-order valence-electron chi connectivity index (χ1n) is 12.1. The molecule has 0 radical (unpaired) electrons. The smallest absolute Gasteiger partial charge is 0.340 e. The Morgan fingerprint density at radius 3 is 1.79 bits per heavy atom. The van der Waals surface area contributed by atoms with Crippen molar-refractivity contribution < 1.29 is 43.0 Å². The first kappa shape index (κ1) is 30.5. The number of ether oxygens (including phenoxy) is 4. The predicted octanol–water partition coefficient (Wildman–Crippen LogP) is 1.44. The maximum Gasteiger partial charge on any atom is 0.340 e. The molecule has 0 unspecified atom stereocenters. The molecule has 0 heterocycles. The number of carbonyl (C=O) groups excluding carboxylic acids is 4. The molecule has 2 amide bonds. The highest BCUT2D eigenvalue weighted by Crippen LogP contribution is 2.39. The maximum absolute atomic E-state index is 12.6. The van der Waals surface area contributed by atoms with Gasteiger partial charge in [-0.05, 0) is 30.5 Å². The molecule has 3 N–H and O–H groups in total. The van der Waals surface area contributed by atoms with Gasteiger partial charge in [0.05, 0.1) is 49.7 Å². The minimum Gasteiger partial charge on any atom is -0.462 e. The van der Waals surface area contributed by atoms with Crippen LogP contribution in [0.3, 0.4) is 0 Å². The van der Waals surface area contributed by atoms with Crippen LogP contribution >= 0.6 is 0 Å². The molecule has 0 aromatic carbocycles. The second kappa shape index (κ2) is 15.5. The Bertz CT molecular complexity index is 1030. The zero-order valence-electron chi connectivity index (χ0n) is 22.2. The number of esters is 2. The lowest BCUT2D eigenvalue weighted by Crippen LogP contribution is -2.40. The van der Waals surface area contributed by atoms with Crippen molar-refractivity contribution in [3.63, 3.8) is 0 Å². The first-order valence-corrected chi connectivity index (χ1v) is 12.1. The van der Waals surface area contributed by atoms with Gasteiger partial charge in [0, 0.05) is 27.3 Å². The van der Waals surface area contributed by atoms with Crippen LogP contribution < -0.4 is 11.2 Å². The Balaban J connectivity index is 2.15. The number of hydrogen-bond donors (Lipinski definition) is 2. The molecule has 208 valence electrons. The van der Waals surface area contributed by atoms with Crippen LogP contribution in [0.15, 0.2) is 24.3 Å². The molecule has 12 heteroatoms. The van der Waals surface area contributed by atoms with E-state index in [0.717, 1.165) is 0 Å². The van der Waals surface area contributed by atoms with E-state index in [-0.39, 0.29) is 49.0 Å². The second-order valence-electron chi connectivity index (χ2n) is 8.03. The number of nitrogens with one attached hydrogen (secondary N) is 1. The average molecular weight is 534 g/mol. The lowest BCUT2D eigenvalue weighted by molar-refractivity contribution is -0.145. The van der Waals surface area contributed by atoms with E-state index in [4.69, 9.17) is 29.5 Å². The molecular weight excluding hydrogens is 498 g/mol. The van der Waals surface area contributed by atoms with E-state index in [1.165, 1.54) is 19.1 Å². The highest BCUT2D eigenvalue weighted by molar-refractivity contribution is 6.15. The lowest BCUT2D eigenvalue weighted by Gasteiger charge is -2.21. The van der Waals surface area contributed by atoms with Gasteiger partial charge in [-0.25, -0.2) is 15.1 Å². The monoisotopic (exact) mass is 533 g/mol. The number of methoxy groups -OCH3 is 2. The van der Waals surface area contributed by atoms with Crippen molar-refractivity contribution in [2.45, 2.75) is 20.3 Å². The van der Waals surface area contributed by atoms with E-state index in [2.05, 4.69) is 5.48 Å². The van der Waals surface area contributed by atoms with Gasteiger partial charge < -0.3 is 29.6 Å². The molecule has 2 aliphatic carbocycles. The third kappa shape index (κ3) is 8.13. The Hall–Kier alpha value is -3.74. The van der Waals surface area contributed by atoms with Gasteiger partial charge in [0.15, 0.2) is 6.61 Å². The van der Waals surface area contributed by atoms with E-state index in [1.54, 1.807) is 38.1 Å². The van der Waals surface area contributed by atoms with Crippen LogP contribution in [0.5, 0.6) is 0 Å². The summed E-state index contributed by atoms with van der Waals surface area (Å²) in [6, 6.07) is 6.44. The average Bonchev–Trinajstić information content (AvgIpc) is 3.02. The number of anilines is 1. The maximum atomic E-state index is 12.6. The Kier molecular flexibility index (Phi) is 12.4. The molecule has 0 bridgehead atoms. The topological polar surface area (TPSA) is 156 Å². The third-order valence-corrected chi connectivity index (χ3v) is 5.48. The number of carbonyl (C=O) groups is 4. The minimum absolute atomic E-state index is 0.0227. The van der Waals surface area contributed by atoms with Gasteiger partial charge >= 0.3 is 11.9 Å². The van der Waals surface area contributed by atoms with Crippen molar-refractivity contribution in [3.8, 4) is 11.1 Å². The van der Waals surface area contributed by atoms with Crippen LogP contribution in [0.1, 0.15) is 40.1 Å². The predicted molar refractivity (Wildman–Crippen MR) is 138 cm³/mol. The largest absolute Gasteiger partial charge is 0.462 e. The summed E-state index contributed by atoms with van der Waals surface area (Å²) >= 11 is 0. The Morgan fingerprint density at radius 1 is 0.842 bits per heavy atom. The van der Waals surface area contributed by atoms with Crippen LogP contribution in [0.2, 0.25) is 0 Å². The van der Waals surface area contributed by atoms with E-state index in [9.17, 15) is 19.2 Å². The number of fused-ring (bicyclic) bond motifs is 1. The van der Waals surface area contributed by atoms with Gasteiger partial charge in [-0.1, -0.05) is 24.3 Å². The first-order chi connectivity index (χ1) is 18.3. The molecular formula is C26H35N3O9. The van der Waals surface area contributed by atoms with E-state index in [1.807, 2.05) is 0 Å². The number of hydrogen-bond acceptors (Lipinski definition) is 10. The summed E-state index contributed by atoms with van der Waals surface area (Å²) in [5.41, 5.74) is 9.86. The molecule has 2 aliphatic rings. The van der Waals surface area contributed by atoms with Crippen molar-refractivity contribution >= 4 is 29.4 Å². The summed E-state index contributed by atoms with van der Waals surface area (Å²) in [5.74, 6) is -2.17. The summed E-state index contributed by atoms with van der Waals surface area (Å²) in [6.45, 7) is 4.64. The quantitative estimate of drug-likeness (QED) is 0.254. The van der Waals surface area contributed by atoms with Crippen molar-refractivity contribution in [1.82, 2.24) is 10.4 Å². The van der Waals surface area contributed by atoms with Gasteiger partial charge in [-0.2, -0.15) is 0 Å². The summed E-state index contributed by atoms with van der Waals surface area (Å²) in [7, 11) is 3.07. The fourth-order valence-electron chi connectivity index (χ4n) is 3.69. The van der Waals surface area contributed by atoms with Gasteiger partial charge in [0.2, 0.25) is 5.91 Å². The molecule has 0 saturated carbocycles. The summed E-state index contributed by atoms with van der Waals surface area (Å²) in [4.78, 5) is 56.7. The molecule has 0 aromatic heterocycles. The number of nitrogens with zero attached hydrogens (tertiary/aromatic N) is 1. The van der Waals surface area contributed by atoms with Crippen LogP contribution in [-0.2, 0) is 39.8 Å². The van der Waals surface area contributed by atoms with Crippen molar-refractivity contribution in [3.05, 3.63) is 41.0 Å². The number of nitrogens with two attached hydrogens (primary N) is 1. The standard InChI is InChI=1S/C26H35N3O9/c1-5-36-25(32)22-18-9-7-17(8-10-19(18)23(24(22)27)26(33)37-6-2)15-20(30)28-38-16-21(31)29(11-13-34-3)12-14-35-4/h7-10H,5-6,11-16,27H2,1-4H3,(H,28,30). The zero-order valence-corrected chi connectivity index (χ0v) is 22.2. The van der Waals surface area contributed by atoms with Crippen molar-refractivity contribution in [2.75, 3.05) is 66.1 Å². The van der Waals surface area contributed by atoms with E-state index in [0.29, 0.717) is 43.0 Å². The molecule has 2 rings (SSSR count). The summed E-state index contributed by atoms with van der Waals surface area (Å²) in [5, 5.41) is 0. The highest BCUT2D eigenvalue weighted by atomic mass is 16.7. The molecule has 0 spiro atoms. The van der Waals surface area contributed by atoms with Crippen LogP contribution in [0.25, 0.3) is 11.1 Å². The number of amides is 2. The second-order valence-corrected chi connectivity index (χ2v) is 8.03. The minimum atomic E-state index is -0.667. The SMILES string of the molecule is CCOC(=O)c1c2ccc(CC(=O)NOCC(=O)N(CCOC)CCOC)ccc-2c(C(=O)OCC)c1N. The van der Waals surface area contributed by atoms with Crippen molar-refractivity contribution in [2.24, 2.45) is 0 Å². The zero-order chi connectivity index (χ0) is 28.1. The van der Waals surface area contributed by atoms with Gasteiger partial charge in [0.1, 0.15) is 0 Å². The summed E-state index contributed by atoms with van der Waals surface area (Å²) < 4.78 is 20.3. The van der Waals surface area contributed by atoms with Gasteiger partial charge in [-0.15, -0.1) is 0 Å². The summed E-state index contributed by atoms with van der Waals surface area (Å²) in [6.07, 6.45) is -0.0957. The van der Waals surface area contributed by atoms with E-state index < -0.39 is 17.8 Å². The Labute approximate surface area is 221 Å². The normalized spacial score (nSPS) is 10.7. The van der Waals surface area contributed by atoms with Crippen LogP contribution in [-0.4, -0.2) is 89.0 Å². The fraction of sp³-hybridized carbons (Fsp3) is 0.462. The number of hydroxylamine groups is 1. The fourth-order valence-corrected chi connectivity index (χ4v) is 3.69. The van der Waals surface area contributed by atoms with Gasteiger partial charge in [-0.3, -0.25) is 14.4 Å². The van der Waals surface area contributed by atoms with Gasteiger partial charge in [0.25, 0.3) is 5.91 Å². The number of rotatable bonds is 15. The molecule has 0 aliphatic heterocycles. The van der Waals surface area contributed by atoms with Crippen molar-refractivity contribution in [1.29, 1.82) is 0 Å². The Morgan fingerprint density at radius 2 is 1.34 bits per heavy atom. The third-order valence-electron chi connectivity index (χ3n) is 5.48. The highest BCUT2D eigenvalue weighted by Gasteiger charge is 2.30. The lowest BCUT2D eigenvalue weighted by atomic mass is 10.1. The molecule has 38 heavy (non-hydrogen) atoms. The van der Waals surface area contributed by atoms with E-state index >= 15 is 0 Å². The molecule has 12 nitrogen and oxygen atoms in total. The molecule has 0 fully saturated rings.